The van der Waals surface area contributed by atoms with Gasteiger partial charge in [-0.1, -0.05) is 6.92 Å². The summed E-state index contributed by atoms with van der Waals surface area (Å²) >= 11 is 0. The van der Waals surface area contributed by atoms with Crippen LogP contribution in [0.2, 0.25) is 0 Å². The van der Waals surface area contributed by atoms with Crippen molar-refractivity contribution in [1.29, 1.82) is 0 Å². The van der Waals surface area contributed by atoms with Gasteiger partial charge in [0, 0.05) is 38.6 Å². The van der Waals surface area contributed by atoms with Crippen molar-refractivity contribution in [2.45, 2.75) is 25.5 Å². The average Bonchev–Trinajstić information content (AvgIpc) is 2.73. The maximum Gasteiger partial charge on any atom is 0.221 e. The first-order valence-electron chi connectivity index (χ1n) is 6.12. The molecular formula is C11H21N3O2. The normalized spacial score (nSPS) is 31.7. The van der Waals surface area contributed by atoms with Crippen molar-refractivity contribution in [3.05, 3.63) is 0 Å². The molecule has 2 aliphatic rings. The van der Waals surface area contributed by atoms with Gasteiger partial charge in [-0.2, -0.15) is 0 Å². The van der Waals surface area contributed by atoms with Crippen molar-refractivity contribution >= 4 is 5.91 Å². The third-order valence-corrected chi connectivity index (χ3v) is 3.28. The van der Waals surface area contributed by atoms with E-state index in [2.05, 4.69) is 22.5 Å². The van der Waals surface area contributed by atoms with Crippen molar-refractivity contribution in [3.8, 4) is 0 Å². The van der Waals surface area contributed by atoms with Crippen LogP contribution >= 0.6 is 0 Å². The third-order valence-electron chi connectivity index (χ3n) is 3.28. The van der Waals surface area contributed by atoms with E-state index in [9.17, 15) is 4.79 Å². The lowest BCUT2D eigenvalue weighted by atomic mass is 10.2. The number of carbonyl (C=O) groups is 1. The molecule has 2 fully saturated rings. The molecule has 0 aliphatic carbocycles. The number of hydrogen-bond donors (Lipinski definition) is 2. The van der Waals surface area contributed by atoms with E-state index in [1.165, 1.54) is 0 Å². The van der Waals surface area contributed by atoms with Gasteiger partial charge < -0.3 is 15.4 Å². The Balaban J connectivity index is 1.67. The highest BCUT2D eigenvalue weighted by atomic mass is 16.5. The maximum atomic E-state index is 11.0. The highest BCUT2D eigenvalue weighted by Crippen LogP contribution is 2.05. The van der Waals surface area contributed by atoms with Crippen molar-refractivity contribution < 1.29 is 9.53 Å². The van der Waals surface area contributed by atoms with Crippen LogP contribution in [0, 0.1) is 0 Å². The first-order chi connectivity index (χ1) is 7.78. The Morgan fingerprint density at radius 3 is 3.19 bits per heavy atom. The van der Waals surface area contributed by atoms with Crippen molar-refractivity contribution in [2.24, 2.45) is 0 Å². The molecule has 0 bridgehead atoms. The van der Waals surface area contributed by atoms with Crippen molar-refractivity contribution in [1.82, 2.24) is 15.5 Å². The van der Waals surface area contributed by atoms with Gasteiger partial charge in [0.15, 0.2) is 0 Å². The Morgan fingerprint density at radius 2 is 2.50 bits per heavy atom. The average molecular weight is 227 g/mol. The fourth-order valence-electron chi connectivity index (χ4n) is 2.24. The van der Waals surface area contributed by atoms with Gasteiger partial charge in [-0.3, -0.25) is 9.69 Å². The molecule has 2 atom stereocenters. The number of ether oxygens (including phenoxy) is 1. The molecule has 0 spiro atoms. The number of amides is 1. The largest absolute Gasteiger partial charge is 0.374 e. The van der Waals surface area contributed by atoms with Gasteiger partial charge in [0.25, 0.3) is 0 Å². The van der Waals surface area contributed by atoms with Crippen LogP contribution < -0.4 is 10.6 Å². The number of likely N-dealkylation sites (N-methyl/N-ethyl adjacent to an activating group) is 1. The van der Waals surface area contributed by atoms with E-state index < -0.39 is 0 Å². The molecule has 2 heterocycles. The summed E-state index contributed by atoms with van der Waals surface area (Å²) in [5.41, 5.74) is 0. The third kappa shape index (κ3) is 3.17. The number of nitrogens with zero attached hydrogens (tertiary/aromatic N) is 1. The van der Waals surface area contributed by atoms with E-state index in [1.54, 1.807) is 0 Å². The minimum Gasteiger partial charge on any atom is -0.374 e. The molecule has 0 aromatic heterocycles. The van der Waals surface area contributed by atoms with Crippen LogP contribution in [-0.2, 0) is 9.53 Å². The molecule has 1 amide bonds. The molecule has 5 nitrogen and oxygen atoms in total. The van der Waals surface area contributed by atoms with Crippen LogP contribution in [0.3, 0.4) is 0 Å². The second-order valence-corrected chi connectivity index (χ2v) is 4.50. The van der Waals surface area contributed by atoms with Crippen molar-refractivity contribution in [2.75, 3.05) is 39.3 Å². The molecule has 0 aromatic carbocycles. The lowest BCUT2D eigenvalue weighted by Gasteiger charge is -2.32. The Hall–Kier alpha value is -0.650. The first kappa shape index (κ1) is 11.8. The summed E-state index contributed by atoms with van der Waals surface area (Å²) in [6.07, 6.45) is 0.869. The molecule has 92 valence electrons. The Labute approximate surface area is 96.5 Å². The minimum atomic E-state index is 0.150. The zero-order valence-corrected chi connectivity index (χ0v) is 9.87. The summed E-state index contributed by atoms with van der Waals surface area (Å²) in [5.74, 6) is 0.150. The van der Waals surface area contributed by atoms with Crippen LogP contribution in [-0.4, -0.2) is 62.3 Å². The monoisotopic (exact) mass is 227 g/mol. The Bertz CT molecular complexity index is 247. The van der Waals surface area contributed by atoms with Gasteiger partial charge in [0.1, 0.15) is 0 Å². The standard InChI is InChI=1S/C11H21N3O2/c1-2-14-3-4-16-10(8-14)7-12-9-5-11(15)13-6-9/h9-10,12H,2-8H2,1H3,(H,13,15). The number of carbonyl (C=O) groups excluding carboxylic acids is 1. The molecule has 2 unspecified atom stereocenters. The van der Waals surface area contributed by atoms with E-state index >= 15 is 0 Å². The molecule has 0 aromatic rings. The summed E-state index contributed by atoms with van der Waals surface area (Å²) in [6, 6.07) is 0.285. The van der Waals surface area contributed by atoms with Crippen LogP contribution in [0.5, 0.6) is 0 Å². The zero-order valence-electron chi connectivity index (χ0n) is 9.87. The summed E-state index contributed by atoms with van der Waals surface area (Å²) < 4.78 is 5.69. The van der Waals surface area contributed by atoms with Crippen LogP contribution in [0.25, 0.3) is 0 Å². The summed E-state index contributed by atoms with van der Waals surface area (Å²) in [7, 11) is 0. The smallest absolute Gasteiger partial charge is 0.221 e. The van der Waals surface area contributed by atoms with Crippen LogP contribution in [0.1, 0.15) is 13.3 Å². The fourth-order valence-corrected chi connectivity index (χ4v) is 2.24. The number of morpholine rings is 1. The van der Waals surface area contributed by atoms with E-state index in [1.807, 2.05) is 0 Å². The molecule has 16 heavy (non-hydrogen) atoms. The maximum absolute atomic E-state index is 11.0. The second-order valence-electron chi connectivity index (χ2n) is 4.50. The molecule has 2 saturated heterocycles. The van der Waals surface area contributed by atoms with E-state index in [0.717, 1.165) is 39.3 Å². The van der Waals surface area contributed by atoms with Crippen LogP contribution in [0.15, 0.2) is 0 Å². The number of hydrogen-bond acceptors (Lipinski definition) is 4. The summed E-state index contributed by atoms with van der Waals surface area (Å²) in [6.45, 7) is 7.72. The van der Waals surface area contributed by atoms with Gasteiger partial charge in [0.05, 0.1) is 12.7 Å². The SMILES string of the molecule is CCN1CCOC(CNC2CNC(=O)C2)C1. The highest BCUT2D eigenvalue weighted by molar-refractivity contribution is 5.78. The lowest BCUT2D eigenvalue weighted by molar-refractivity contribution is -0.119. The predicted octanol–water partition coefficient (Wildman–Crippen LogP) is -0.815. The molecule has 2 aliphatic heterocycles. The topological polar surface area (TPSA) is 53.6 Å². The van der Waals surface area contributed by atoms with Gasteiger partial charge in [-0.15, -0.1) is 0 Å². The van der Waals surface area contributed by atoms with Crippen molar-refractivity contribution in [3.63, 3.8) is 0 Å². The highest BCUT2D eigenvalue weighted by Gasteiger charge is 2.24. The quantitative estimate of drug-likeness (QED) is 0.659. The molecule has 2 rings (SSSR count). The van der Waals surface area contributed by atoms with Gasteiger partial charge in [0.2, 0.25) is 5.91 Å². The zero-order chi connectivity index (χ0) is 11.4. The number of rotatable bonds is 4. The lowest BCUT2D eigenvalue weighted by Crippen LogP contribution is -2.48. The van der Waals surface area contributed by atoms with E-state index in [4.69, 9.17) is 4.74 Å². The van der Waals surface area contributed by atoms with Gasteiger partial charge in [-0.25, -0.2) is 0 Å². The minimum absolute atomic E-state index is 0.150. The molecular weight excluding hydrogens is 206 g/mol. The Kier molecular flexibility index (Phi) is 4.15. The van der Waals surface area contributed by atoms with E-state index in [0.29, 0.717) is 6.42 Å². The summed E-state index contributed by atoms with van der Waals surface area (Å²) in [4.78, 5) is 13.4. The summed E-state index contributed by atoms with van der Waals surface area (Å²) in [5, 5.41) is 6.22. The fraction of sp³-hybridized carbons (Fsp3) is 0.909. The molecule has 5 heteroatoms. The van der Waals surface area contributed by atoms with Gasteiger partial charge in [-0.05, 0) is 6.54 Å². The second kappa shape index (κ2) is 5.61. The Morgan fingerprint density at radius 1 is 1.62 bits per heavy atom. The predicted molar refractivity (Wildman–Crippen MR) is 61.3 cm³/mol. The molecule has 0 saturated carbocycles. The molecule has 0 radical (unpaired) electrons. The number of nitrogens with one attached hydrogen (secondary N) is 2. The van der Waals surface area contributed by atoms with E-state index in [-0.39, 0.29) is 18.1 Å². The van der Waals surface area contributed by atoms with Crippen LogP contribution in [0.4, 0.5) is 0 Å². The first-order valence-corrected chi connectivity index (χ1v) is 6.12. The molecule has 2 N–H and O–H groups in total. The van der Waals surface area contributed by atoms with Gasteiger partial charge >= 0.3 is 0 Å².